The van der Waals surface area contributed by atoms with Gasteiger partial charge in [0.15, 0.2) is 0 Å². The predicted octanol–water partition coefficient (Wildman–Crippen LogP) is 4.83. The third-order valence-electron chi connectivity index (χ3n) is 5.29. The Balaban J connectivity index is 1.67. The number of nitriles is 1. The Morgan fingerprint density at radius 3 is 2.85 bits per heavy atom. The van der Waals surface area contributed by atoms with Crippen molar-refractivity contribution in [1.82, 2.24) is 5.32 Å². The first-order chi connectivity index (χ1) is 13.2. The number of fused-ring (bicyclic) bond motifs is 1. The lowest BCUT2D eigenvalue weighted by Crippen LogP contribution is -2.22. The van der Waals surface area contributed by atoms with Crippen LogP contribution in [0.3, 0.4) is 0 Å². The molecule has 0 aliphatic heterocycles. The van der Waals surface area contributed by atoms with Gasteiger partial charge >= 0.3 is 0 Å². The lowest BCUT2D eigenvalue weighted by Gasteiger charge is -2.13. The number of benzene rings is 2. The van der Waals surface area contributed by atoms with Crippen LogP contribution >= 0.6 is 11.3 Å². The van der Waals surface area contributed by atoms with Crippen LogP contribution in [-0.4, -0.2) is 18.3 Å². The molecule has 3 nitrogen and oxygen atoms in total. The minimum Gasteiger partial charge on any atom is -0.395 e. The van der Waals surface area contributed by atoms with Crippen LogP contribution in [0, 0.1) is 18.3 Å². The Morgan fingerprint density at radius 1 is 1.19 bits per heavy atom. The highest BCUT2D eigenvalue weighted by Crippen LogP contribution is 2.41. The number of hydrogen-bond donors (Lipinski definition) is 2. The van der Waals surface area contributed by atoms with E-state index in [-0.39, 0.29) is 6.61 Å². The first kappa shape index (κ1) is 17.9. The minimum atomic E-state index is 0.168. The summed E-state index contributed by atoms with van der Waals surface area (Å²) in [7, 11) is 0. The highest BCUT2D eigenvalue weighted by atomic mass is 32.1. The van der Waals surface area contributed by atoms with Crippen LogP contribution in [0.5, 0.6) is 0 Å². The van der Waals surface area contributed by atoms with Gasteiger partial charge in [-0.1, -0.05) is 30.3 Å². The van der Waals surface area contributed by atoms with Gasteiger partial charge in [0.1, 0.15) is 0 Å². The van der Waals surface area contributed by atoms with Crippen molar-refractivity contribution in [2.45, 2.75) is 25.8 Å². The predicted molar refractivity (Wildman–Crippen MR) is 111 cm³/mol. The van der Waals surface area contributed by atoms with Gasteiger partial charge in [-0.15, -0.1) is 11.3 Å². The van der Waals surface area contributed by atoms with Crippen molar-refractivity contribution in [3.8, 4) is 27.0 Å². The molecule has 1 aliphatic carbocycles. The second kappa shape index (κ2) is 7.66. The normalized spacial score (nSPS) is 15.5. The van der Waals surface area contributed by atoms with Gasteiger partial charge in [0.05, 0.1) is 18.2 Å². The highest BCUT2D eigenvalue weighted by Gasteiger charge is 2.24. The number of aliphatic hydroxyl groups excluding tert-OH is 1. The average molecular weight is 375 g/mol. The summed E-state index contributed by atoms with van der Waals surface area (Å²) in [4.78, 5) is 2.45. The molecule has 1 atom stereocenters. The lowest BCUT2D eigenvalue weighted by molar-refractivity contribution is 0.284. The third kappa shape index (κ3) is 3.42. The molecule has 0 saturated carbocycles. The molecule has 0 bridgehead atoms. The van der Waals surface area contributed by atoms with Crippen molar-refractivity contribution in [3.63, 3.8) is 0 Å². The van der Waals surface area contributed by atoms with Crippen molar-refractivity contribution in [1.29, 1.82) is 5.26 Å². The quantitative estimate of drug-likeness (QED) is 0.672. The molecule has 1 aromatic heterocycles. The Morgan fingerprint density at radius 2 is 2.04 bits per heavy atom. The summed E-state index contributed by atoms with van der Waals surface area (Å²) < 4.78 is 0. The van der Waals surface area contributed by atoms with Crippen molar-refractivity contribution in [2.75, 3.05) is 13.2 Å². The molecule has 27 heavy (non-hydrogen) atoms. The monoisotopic (exact) mass is 374 g/mol. The molecule has 2 N–H and O–H groups in total. The summed E-state index contributed by atoms with van der Waals surface area (Å²) in [5, 5.41) is 21.8. The molecular formula is C23H22N2OS. The van der Waals surface area contributed by atoms with Gasteiger partial charge < -0.3 is 10.4 Å². The number of hydrogen-bond acceptors (Lipinski definition) is 4. The molecule has 0 spiro atoms. The van der Waals surface area contributed by atoms with Crippen molar-refractivity contribution in [3.05, 3.63) is 70.8 Å². The Hall–Kier alpha value is -2.45. The van der Waals surface area contributed by atoms with Crippen LogP contribution in [0.1, 0.15) is 34.7 Å². The van der Waals surface area contributed by atoms with E-state index in [0.29, 0.717) is 12.6 Å². The number of aliphatic hydroxyl groups is 1. The first-order valence-corrected chi connectivity index (χ1v) is 10.1. The number of aryl methyl sites for hydroxylation is 1. The summed E-state index contributed by atoms with van der Waals surface area (Å²) in [6.07, 6.45) is 2.14. The standard InChI is InChI=1S/C23H22N2OS/c1-15-5-6-16(13-17(15)14-24)22-9-10-23(27-22)20-4-2-3-19-18(20)7-8-21(19)25-11-12-26/h2-6,9-10,13,21,25-26H,7-8,11-12H2,1H3. The summed E-state index contributed by atoms with van der Waals surface area (Å²) in [6.45, 7) is 2.77. The smallest absolute Gasteiger partial charge is 0.0994 e. The zero-order valence-electron chi connectivity index (χ0n) is 15.3. The van der Waals surface area contributed by atoms with Crippen molar-refractivity contribution < 1.29 is 5.11 Å². The Bertz CT molecular complexity index is 1020. The number of rotatable bonds is 5. The van der Waals surface area contributed by atoms with E-state index in [2.05, 4.69) is 47.8 Å². The topological polar surface area (TPSA) is 56.0 Å². The molecule has 3 aromatic rings. The largest absolute Gasteiger partial charge is 0.395 e. The molecular weight excluding hydrogens is 352 g/mol. The molecule has 136 valence electrons. The molecule has 2 aromatic carbocycles. The minimum absolute atomic E-state index is 0.168. The maximum atomic E-state index is 9.30. The molecule has 4 heteroatoms. The number of nitrogens with zero attached hydrogens (tertiary/aromatic N) is 1. The van der Waals surface area contributed by atoms with E-state index in [1.807, 2.05) is 19.1 Å². The fourth-order valence-corrected chi connectivity index (χ4v) is 4.92. The van der Waals surface area contributed by atoms with Crippen LogP contribution in [0.15, 0.2) is 48.5 Å². The summed E-state index contributed by atoms with van der Waals surface area (Å²) in [6, 6.07) is 19.6. The zero-order chi connectivity index (χ0) is 18.8. The summed E-state index contributed by atoms with van der Waals surface area (Å²) in [5.74, 6) is 0. The van der Waals surface area contributed by atoms with E-state index in [4.69, 9.17) is 5.11 Å². The van der Waals surface area contributed by atoms with Gasteiger partial charge in [0, 0.05) is 22.3 Å². The lowest BCUT2D eigenvalue weighted by atomic mass is 10.0. The number of nitrogens with one attached hydrogen (secondary N) is 1. The van der Waals surface area contributed by atoms with Gasteiger partial charge in [0.25, 0.3) is 0 Å². The van der Waals surface area contributed by atoms with Crippen LogP contribution in [0.25, 0.3) is 20.9 Å². The van der Waals surface area contributed by atoms with Crippen LogP contribution in [-0.2, 0) is 6.42 Å². The molecule has 0 fully saturated rings. The molecule has 1 aliphatic rings. The maximum Gasteiger partial charge on any atom is 0.0994 e. The van der Waals surface area contributed by atoms with E-state index in [9.17, 15) is 5.26 Å². The second-order valence-electron chi connectivity index (χ2n) is 6.95. The van der Waals surface area contributed by atoms with Crippen LogP contribution in [0.2, 0.25) is 0 Å². The van der Waals surface area contributed by atoms with Gasteiger partial charge in [-0.05, 0) is 65.8 Å². The molecule has 4 rings (SSSR count). The number of thiophene rings is 1. The van der Waals surface area contributed by atoms with E-state index < -0.39 is 0 Å². The van der Waals surface area contributed by atoms with E-state index >= 15 is 0 Å². The van der Waals surface area contributed by atoms with Gasteiger partial charge in [-0.2, -0.15) is 5.26 Å². The van der Waals surface area contributed by atoms with Crippen LogP contribution < -0.4 is 5.32 Å². The molecule has 0 radical (unpaired) electrons. The molecule has 0 saturated heterocycles. The highest BCUT2D eigenvalue weighted by molar-refractivity contribution is 7.18. The van der Waals surface area contributed by atoms with Gasteiger partial charge in [0.2, 0.25) is 0 Å². The first-order valence-electron chi connectivity index (χ1n) is 9.28. The second-order valence-corrected chi connectivity index (χ2v) is 8.03. The third-order valence-corrected chi connectivity index (χ3v) is 6.45. The van der Waals surface area contributed by atoms with Gasteiger partial charge in [-0.25, -0.2) is 0 Å². The van der Waals surface area contributed by atoms with E-state index in [0.717, 1.165) is 29.5 Å². The molecule has 0 amide bonds. The maximum absolute atomic E-state index is 9.30. The van der Waals surface area contributed by atoms with E-state index in [1.54, 1.807) is 11.3 Å². The Kier molecular flexibility index (Phi) is 5.09. The van der Waals surface area contributed by atoms with Gasteiger partial charge in [-0.3, -0.25) is 0 Å². The van der Waals surface area contributed by atoms with Crippen molar-refractivity contribution >= 4 is 11.3 Å². The SMILES string of the molecule is Cc1ccc(-c2ccc(-c3cccc4c3CCC4NCCO)s2)cc1C#N. The van der Waals surface area contributed by atoms with E-state index in [1.165, 1.54) is 26.4 Å². The van der Waals surface area contributed by atoms with Crippen molar-refractivity contribution in [2.24, 2.45) is 0 Å². The fraction of sp³-hybridized carbons (Fsp3) is 0.261. The zero-order valence-corrected chi connectivity index (χ0v) is 16.1. The van der Waals surface area contributed by atoms with Crippen LogP contribution in [0.4, 0.5) is 0 Å². The average Bonchev–Trinajstić information content (AvgIpc) is 3.34. The Labute approximate surface area is 163 Å². The summed E-state index contributed by atoms with van der Waals surface area (Å²) >= 11 is 1.78. The molecule has 1 unspecified atom stereocenters. The molecule has 1 heterocycles. The summed E-state index contributed by atoms with van der Waals surface area (Å²) in [5.41, 5.74) is 6.94. The fourth-order valence-electron chi connectivity index (χ4n) is 3.87.